The fourth-order valence-electron chi connectivity index (χ4n) is 1.56. The van der Waals surface area contributed by atoms with Crippen molar-refractivity contribution in [3.05, 3.63) is 46.2 Å². The van der Waals surface area contributed by atoms with Crippen LogP contribution in [-0.4, -0.2) is 6.61 Å². The number of thiophene rings is 1. The zero-order chi connectivity index (χ0) is 12.8. The molecule has 0 unspecified atom stereocenters. The molecular weight excluding hydrogens is 244 g/mol. The topological polar surface area (TPSA) is 45.0 Å². The summed E-state index contributed by atoms with van der Waals surface area (Å²) in [5.41, 5.74) is 1.05. The highest BCUT2D eigenvalue weighted by atomic mass is 32.1. The third-order valence-electron chi connectivity index (χ3n) is 2.40. The number of benzene rings is 1. The van der Waals surface area contributed by atoms with Crippen molar-refractivity contribution in [1.29, 1.82) is 5.26 Å². The zero-order valence-corrected chi connectivity index (χ0v) is 11.0. The Morgan fingerprint density at radius 1 is 1.22 bits per heavy atom. The number of nitrogens with one attached hydrogen (secondary N) is 1. The molecule has 1 heterocycles. The Balaban J connectivity index is 1.91. The second-order valence-electron chi connectivity index (χ2n) is 3.69. The van der Waals surface area contributed by atoms with Crippen molar-refractivity contribution in [3.63, 3.8) is 0 Å². The molecule has 0 saturated heterocycles. The first-order chi connectivity index (χ1) is 8.81. The summed E-state index contributed by atoms with van der Waals surface area (Å²) in [7, 11) is 0. The molecule has 1 aromatic heterocycles. The number of hydrogen-bond donors (Lipinski definition) is 1. The number of ether oxygens (including phenoxy) is 1. The monoisotopic (exact) mass is 258 g/mol. The Morgan fingerprint density at radius 3 is 2.61 bits per heavy atom. The molecule has 0 fully saturated rings. The van der Waals surface area contributed by atoms with Crippen molar-refractivity contribution in [2.75, 3.05) is 11.9 Å². The second kappa shape index (κ2) is 6.08. The van der Waals surface area contributed by atoms with E-state index in [1.807, 2.05) is 43.3 Å². The lowest BCUT2D eigenvalue weighted by molar-refractivity contribution is 0.340. The Labute approximate surface area is 111 Å². The average Bonchev–Trinajstić information content (AvgIpc) is 2.86. The molecule has 0 atom stereocenters. The second-order valence-corrected chi connectivity index (χ2v) is 4.86. The van der Waals surface area contributed by atoms with E-state index in [-0.39, 0.29) is 0 Å². The maximum Gasteiger partial charge on any atom is 0.119 e. The third-order valence-corrected chi connectivity index (χ3v) is 3.39. The van der Waals surface area contributed by atoms with Gasteiger partial charge in [-0.1, -0.05) is 0 Å². The van der Waals surface area contributed by atoms with Crippen LogP contribution in [0.1, 0.15) is 16.7 Å². The third kappa shape index (κ3) is 3.25. The van der Waals surface area contributed by atoms with E-state index in [2.05, 4.69) is 11.4 Å². The fourth-order valence-corrected chi connectivity index (χ4v) is 2.30. The molecule has 2 rings (SSSR count). The number of nitriles is 1. The van der Waals surface area contributed by atoms with E-state index in [0.717, 1.165) is 27.7 Å². The van der Waals surface area contributed by atoms with Crippen molar-refractivity contribution < 1.29 is 4.74 Å². The maximum absolute atomic E-state index is 8.74. The van der Waals surface area contributed by atoms with Crippen molar-refractivity contribution in [2.45, 2.75) is 13.5 Å². The lowest BCUT2D eigenvalue weighted by Gasteiger charge is -2.06. The molecule has 1 aromatic carbocycles. The number of hydrogen-bond acceptors (Lipinski definition) is 4. The molecule has 4 heteroatoms. The zero-order valence-electron chi connectivity index (χ0n) is 10.1. The van der Waals surface area contributed by atoms with Crippen LogP contribution in [0.2, 0.25) is 0 Å². The van der Waals surface area contributed by atoms with E-state index in [0.29, 0.717) is 6.61 Å². The van der Waals surface area contributed by atoms with E-state index in [1.165, 1.54) is 11.3 Å². The van der Waals surface area contributed by atoms with Crippen LogP contribution in [0.15, 0.2) is 36.4 Å². The van der Waals surface area contributed by atoms with Crippen LogP contribution in [0.4, 0.5) is 5.69 Å². The minimum absolute atomic E-state index is 0.679. The predicted molar refractivity (Wildman–Crippen MR) is 74.0 cm³/mol. The van der Waals surface area contributed by atoms with Crippen molar-refractivity contribution >= 4 is 17.0 Å². The van der Waals surface area contributed by atoms with Crippen molar-refractivity contribution in [2.24, 2.45) is 0 Å². The number of nitrogens with zero attached hydrogens (tertiary/aromatic N) is 1. The lowest BCUT2D eigenvalue weighted by atomic mass is 10.3. The van der Waals surface area contributed by atoms with E-state index in [9.17, 15) is 0 Å². The molecule has 2 aromatic rings. The summed E-state index contributed by atoms with van der Waals surface area (Å²) < 4.78 is 5.38. The quantitative estimate of drug-likeness (QED) is 0.890. The van der Waals surface area contributed by atoms with Gasteiger partial charge in [-0.05, 0) is 43.3 Å². The summed E-state index contributed by atoms with van der Waals surface area (Å²) in [5, 5.41) is 12.1. The first kappa shape index (κ1) is 12.5. The Kier molecular flexibility index (Phi) is 4.21. The van der Waals surface area contributed by atoms with Gasteiger partial charge >= 0.3 is 0 Å². The smallest absolute Gasteiger partial charge is 0.119 e. The first-order valence-corrected chi connectivity index (χ1v) is 6.59. The van der Waals surface area contributed by atoms with Gasteiger partial charge in [-0.3, -0.25) is 0 Å². The molecular formula is C14H14N2OS. The molecule has 0 spiro atoms. The Hall–Kier alpha value is -1.99. The normalized spacial score (nSPS) is 9.78. The van der Waals surface area contributed by atoms with Crippen LogP contribution in [0.25, 0.3) is 0 Å². The van der Waals surface area contributed by atoms with Crippen LogP contribution < -0.4 is 10.1 Å². The molecule has 0 aliphatic heterocycles. The Morgan fingerprint density at radius 2 is 2.00 bits per heavy atom. The summed E-state index contributed by atoms with van der Waals surface area (Å²) in [5.74, 6) is 0.881. The molecule has 1 N–H and O–H groups in total. The standard InChI is InChI=1S/C14H14N2OS/c1-2-17-12-5-3-11(4-6-12)16-10-14-8-7-13(9-15)18-14/h3-8,16H,2,10H2,1H3. The van der Waals surface area contributed by atoms with Gasteiger partial charge in [-0.25, -0.2) is 0 Å². The van der Waals surface area contributed by atoms with Crippen LogP contribution in [0.3, 0.4) is 0 Å². The highest BCUT2D eigenvalue weighted by Crippen LogP contribution is 2.19. The molecule has 0 radical (unpaired) electrons. The minimum Gasteiger partial charge on any atom is -0.494 e. The van der Waals surface area contributed by atoms with Gasteiger partial charge in [0.25, 0.3) is 0 Å². The first-order valence-electron chi connectivity index (χ1n) is 5.77. The van der Waals surface area contributed by atoms with Gasteiger partial charge in [0, 0.05) is 17.1 Å². The molecule has 3 nitrogen and oxygen atoms in total. The Bertz CT molecular complexity index is 540. The van der Waals surface area contributed by atoms with Crippen molar-refractivity contribution in [3.8, 4) is 11.8 Å². The molecule has 0 saturated carbocycles. The largest absolute Gasteiger partial charge is 0.494 e. The summed E-state index contributed by atoms with van der Waals surface area (Å²) in [4.78, 5) is 1.90. The van der Waals surface area contributed by atoms with Gasteiger partial charge in [0.15, 0.2) is 0 Å². The highest BCUT2D eigenvalue weighted by molar-refractivity contribution is 7.12. The van der Waals surface area contributed by atoms with Crippen molar-refractivity contribution in [1.82, 2.24) is 0 Å². The van der Waals surface area contributed by atoms with Crippen LogP contribution >= 0.6 is 11.3 Å². The summed E-state index contributed by atoms with van der Waals surface area (Å²) in [6.07, 6.45) is 0. The molecule has 92 valence electrons. The van der Waals surface area contributed by atoms with Gasteiger partial charge < -0.3 is 10.1 Å². The van der Waals surface area contributed by atoms with Crippen LogP contribution in [0, 0.1) is 11.3 Å². The predicted octanol–water partition coefficient (Wildman–Crippen LogP) is 3.63. The molecule has 0 aliphatic carbocycles. The number of anilines is 1. The maximum atomic E-state index is 8.74. The molecule has 18 heavy (non-hydrogen) atoms. The van der Waals surface area contributed by atoms with Crippen LogP contribution in [0.5, 0.6) is 5.75 Å². The summed E-state index contributed by atoms with van der Waals surface area (Å²) >= 11 is 1.52. The van der Waals surface area contributed by atoms with Gasteiger partial charge in [-0.2, -0.15) is 5.26 Å². The van der Waals surface area contributed by atoms with E-state index in [1.54, 1.807) is 0 Å². The number of rotatable bonds is 5. The SMILES string of the molecule is CCOc1ccc(NCc2ccc(C#N)s2)cc1. The van der Waals surface area contributed by atoms with E-state index >= 15 is 0 Å². The average molecular weight is 258 g/mol. The minimum atomic E-state index is 0.679. The van der Waals surface area contributed by atoms with Crippen LogP contribution in [-0.2, 0) is 6.54 Å². The van der Waals surface area contributed by atoms with E-state index in [4.69, 9.17) is 10.00 Å². The van der Waals surface area contributed by atoms with Gasteiger partial charge in [0.05, 0.1) is 6.61 Å². The molecule has 0 aliphatic rings. The van der Waals surface area contributed by atoms with Gasteiger partial charge in [-0.15, -0.1) is 11.3 Å². The summed E-state index contributed by atoms with van der Waals surface area (Å²) in [6, 6.07) is 13.8. The van der Waals surface area contributed by atoms with Gasteiger partial charge in [0.2, 0.25) is 0 Å². The highest BCUT2D eigenvalue weighted by Gasteiger charge is 1.99. The van der Waals surface area contributed by atoms with E-state index < -0.39 is 0 Å². The lowest BCUT2D eigenvalue weighted by Crippen LogP contribution is -1.97. The van der Waals surface area contributed by atoms with Gasteiger partial charge in [0.1, 0.15) is 16.7 Å². The molecule has 0 bridgehead atoms. The molecule has 0 amide bonds. The fraction of sp³-hybridized carbons (Fsp3) is 0.214. The summed E-state index contributed by atoms with van der Waals surface area (Å²) in [6.45, 7) is 3.38.